The van der Waals surface area contributed by atoms with Gasteiger partial charge in [-0.25, -0.2) is 4.79 Å². The molecule has 1 heterocycles. The van der Waals surface area contributed by atoms with Gasteiger partial charge in [0.2, 0.25) is 5.91 Å². The maximum absolute atomic E-state index is 12.8. The number of amides is 4. The van der Waals surface area contributed by atoms with Crippen LogP contribution in [0.15, 0.2) is 53.0 Å². The molecule has 4 amide bonds. The highest BCUT2D eigenvalue weighted by molar-refractivity contribution is 9.10. The van der Waals surface area contributed by atoms with E-state index in [2.05, 4.69) is 26.6 Å². The van der Waals surface area contributed by atoms with Crippen molar-refractivity contribution in [2.75, 3.05) is 11.9 Å². The van der Waals surface area contributed by atoms with Gasteiger partial charge < -0.3 is 10.6 Å². The molecule has 134 valence electrons. The van der Waals surface area contributed by atoms with Gasteiger partial charge in [0.1, 0.15) is 12.1 Å². The van der Waals surface area contributed by atoms with E-state index in [1.165, 1.54) is 0 Å². The lowest BCUT2D eigenvalue weighted by Gasteiger charge is -2.23. The summed E-state index contributed by atoms with van der Waals surface area (Å²) < 4.78 is 0.698. The van der Waals surface area contributed by atoms with Crippen LogP contribution < -0.4 is 10.6 Å². The van der Waals surface area contributed by atoms with Crippen LogP contribution in [0, 0.1) is 0 Å². The van der Waals surface area contributed by atoms with E-state index in [1.807, 2.05) is 6.07 Å². The molecule has 1 aliphatic rings. The van der Waals surface area contributed by atoms with Crippen LogP contribution in [0.5, 0.6) is 0 Å². The van der Waals surface area contributed by atoms with E-state index in [9.17, 15) is 14.4 Å². The Labute approximate surface area is 163 Å². The molecule has 1 saturated heterocycles. The van der Waals surface area contributed by atoms with Gasteiger partial charge in [-0.15, -0.1) is 0 Å². The maximum atomic E-state index is 12.8. The van der Waals surface area contributed by atoms with Gasteiger partial charge in [-0.1, -0.05) is 45.7 Å². The molecule has 1 unspecified atom stereocenters. The lowest BCUT2D eigenvalue weighted by atomic mass is 9.92. The van der Waals surface area contributed by atoms with E-state index >= 15 is 0 Å². The minimum Gasteiger partial charge on any atom is -0.325 e. The first kappa shape index (κ1) is 18.4. The molecule has 0 saturated carbocycles. The SMILES string of the molecule is CC1(c2ccccc2Br)NC(=O)N(CC(=O)Nc2ccc(Cl)cc2)C1=O. The molecule has 2 aromatic carbocycles. The van der Waals surface area contributed by atoms with Crippen LogP contribution in [0.2, 0.25) is 5.02 Å². The highest BCUT2D eigenvalue weighted by atomic mass is 79.9. The molecule has 2 N–H and O–H groups in total. The molecular weight excluding hydrogens is 422 g/mol. The number of hydrogen-bond donors (Lipinski definition) is 2. The lowest BCUT2D eigenvalue weighted by molar-refractivity contribution is -0.133. The molecule has 8 heteroatoms. The van der Waals surface area contributed by atoms with Crippen molar-refractivity contribution >= 4 is 51.1 Å². The fourth-order valence-electron chi connectivity index (χ4n) is 2.77. The van der Waals surface area contributed by atoms with Crippen LogP contribution >= 0.6 is 27.5 Å². The first-order chi connectivity index (χ1) is 12.3. The third-order valence-electron chi connectivity index (χ3n) is 4.12. The highest BCUT2D eigenvalue weighted by Crippen LogP contribution is 2.33. The largest absolute Gasteiger partial charge is 0.325 e. The fraction of sp³-hybridized carbons (Fsp3) is 0.167. The maximum Gasteiger partial charge on any atom is 0.325 e. The summed E-state index contributed by atoms with van der Waals surface area (Å²) in [5, 5.41) is 5.85. The Morgan fingerprint density at radius 3 is 2.50 bits per heavy atom. The number of halogens is 2. The Morgan fingerprint density at radius 2 is 1.85 bits per heavy atom. The monoisotopic (exact) mass is 435 g/mol. The number of hydrogen-bond acceptors (Lipinski definition) is 3. The van der Waals surface area contributed by atoms with Crippen molar-refractivity contribution < 1.29 is 14.4 Å². The van der Waals surface area contributed by atoms with Gasteiger partial charge in [-0.3, -0.25) is 14.5 Å². The average Bonchev–Trinajstić information content (AvgIpc) is 2.81. The summed E-state index contributed by atoms with van der Waals surface area (Å²) in [5.41, 5.74) is -0.0865. The molecule has 6 nitrogen and oxygen atoms in total. The van der Waals surface area contributed by atoms with Crippen LogP contribution in [0.1, 0.15) is 12.5 Å². The van der Waals surface area contributed by atoms with E-state index in [1.54, 1.807) is 49.4 Å². The van der Waals surface area contributed by atoms with Crippen molar-refractivity contribution in [3.63, 3.8) is 0 Å². The van der Waals surface area contributed by atoms with Crippen LogP contribution in [0.3, 0.4) is 0 Å². The van der Waals surface area contributed by atoms with Gasteiger partial charge in [-0.2, -0.15) is 0 Å². The van der Waals surface area contributed by atoms with Crippen molar-refractivity contribution in [2.24, 2.45) is 0 Å². The average molecular weight is 437 g/mol. The van der Waals surface area contributed by atoms with E-state index in [0.717, 1.165) is 4.90 Å². The summed E-state index contributed by atoms with van der Waals surface area (Å²) in [6.45, 7) is 1.23. The molecule has 1 aliphatic heterocycles. The van der Waals surface area contributed by atoms with Crippen molar-refractivity contribution in [1.82, 2.24) is 10.2 Å². The zero-order valence-corrected chi connectivity index (χ0v) is 16.1. The number of imide groups is 1. The summed E-state index contributed by atoms with van der Waals surface area (Å²) >= 11 is 9.20. The highest BCUT2D eigenvalue weighted by Gasteiger charge is 2.50. The number of carbonyl (C=O) groups excluding carboxylic acids is 3. The first-order valence-electron chi connectivity index (χ1n) is 7.76. The van der Waals surface area contributed by atoms with Gasteiger partial charge in [0.25, 0.3) is 5.91 Å². The van der Waals surface area contributed by atoms with Crippen molar-refractivity contribution in [2.45, 2.75) is 12.5 Å². The van der Waals surface area contributed by atoms with E-state index in [4.69, 9.17) is 11.6 Å². The predicted molar refractivity (Wildman–Crippen MR) is 102 cm³/mol. The number of benzene rings is 2. The zero-order valence-electron chi connectivity index (χ0n) is 13.8. The lowest BCUT2D eigenvalue weighted by Crippen LogP contribution is -2.42. The number of carbonyl (C=O) groups is 3. The van der Waals surface area contributed by atoms with E-state index < -0.39 is 23.4 Å². The molecule has 0 aromatic heterocycles. The smallest absolute Gasteiger partial charge is 0.325 e. The Bertz CT molecular complexity index is 888. The van der Waals surface area contributed by atoms with Crippen molar-refractivity contribution in [3.05, 3.63) is 63.6 Å². The molecule has 0 radical (unpaired) electrons. The number of nitrogens with one attached hydrogen (secondary N) is 2. The summed E-state index contributed by atoms with van der Waals surface area (Å²) in [6, 6.07) is 13.1. The van der Waals surface area contributed by atoms with Gasteiger partial charge in [0, 0.05) is 20.7 Å². The predicted octanol–water partition coefficient (Wildman–Crippen LogP) is 3.51. The minimum absolute atomic E-state index is 0.382. The van der Waals surface area contributed by atoms with E-state index in [0.29, 0.717) is 20.7 Å². The van der Waals surface area contributed by atoms with Crippen LogP contribution in [0.25, 0.3) is 0 Å². The van der Waals surface area contributed by atoms with Crippen LogP contribution in [-0.4, -0.2) is 29.3 Å². The number of rotatable bonds is 4. The quantitative estimate of drug-likeness (QED) is 0.720. The topological polar surface area (TPSA) is 78.5 Å². The second kappa shape index (κ2) is 7.09. The molecular formula is C18H15BrClN3O3. The summed E-state index contributed by atoms with van der Waals surface area (Å²) in [6.07, 6.45) is 0. The van der Waals surface area contributed by atoms with Crippen molar-refractivity contribution in [1.29, 1.82) is 0 Å². The number of urea groups is 1. The molecule has 0 aliphatic carbocycles. The van der Waals surface area contributed by atoms with Gasteiger partial charge in [-0.05, 0) is 37.3 Å². The Morgan fingerprint density at radius 1 is 1.19 bits per heavy atom. The Kier molecular flexibility index (Phi) is 5.02. The number of nitrogens with zero attached hydrogens (tertiary/aromatic N) is 1. The zero-order chi connectivity index (χ0) is 18.9. The van der Waals surface area contributed by atoms with Crippen LogP contribution in [0.4, 0.5) is 10.5 Å². The van der Waals surface area contributed by atoms with Crippen molar-refractivity contribution in [3.8, 4) is 0 Å². The first-order valence-corrected chi connectivity index (χ1v) is 8.93. The Balaban J connectivity index is 1.76. The molecule has 0 bridgehead atoms. The molecule has 0 spiro atoms. The summed E-state index contributed by atoms with van der Waals surface area (Å²) in [5.74, 6) is -0.965. The molecule has 3 rings (SSSR count). The van der Waals surface area contributed by atoms with Gasteiger partial charge in [0.05, 0.1) is 0 Å². The van der Waals surface area contributed by atoms with E-state index in [-0.39, 0.29) is 6.54 Å². The molecule has 26 heavy (non-hydrogen) atoms. The summed E-state index contributed by atoms with van der Waals surface area (Å²) in [4.78, 5) is 38.3. The molecule has 1 fully saturated rings. The molecule has 1 atom stereocenters. The summed E-state index contributed by atoms with van der Waals surface area (Å²) in [7, 11) is 0. The number of anilines is 1. The van der Waals surface area contributed by atoms with Gasteiger partial charge in [0.15, 0.2) is 0 Å². The molecule has 2 aromatic rings. The second-order valence-corrected chi connectivity index (χ2v) is 7.27. The fourth-order valence-corrected chi connectivity index (χ4v) is 3.57. The second-order valence-electron chi connectivity index (χ2n) is 5.98. The van der Waals surface area contributed by atoms with Crippen LogP contribution in [-0.2, 0) is 15.1 Å². The Hall–Kier alpha value is -2.38. The third-order valence-corrected chi connectivity index (χ3v) is 5.06. The normalized spacial score (nSPS) is 19.4. The van der Waals surface area contributed by atoms with Gasteiger partial charge >= 0.3 is 6.03 Å². The standard InChI is InChI=1S/C18H15BrClN3O3/c1-18(13-4-2-3-5-14(13)19)16(25)23(17(26)22-18)10-15(24)21-12-8-6-11(20)7-9-12/h2-9H,10H2,1H3,(H,21,24)(H,22,26). The minimum atomic E-state index is -1.24. The third kappa shape index (κ3) is 3.45.